The fourth-order valence-electron chi connectivity index (χ4n) is 5.24. The van der Waals surface area contributed by atoms with Gasteiger partial charge in [-0.1, -0.05) is 17.7 Å². The number of halogens is 2. The summed E-state index contributed by atoms with van der Waals surface area (Å²) in [6, 6.07) is 13.5. The van der Waals surface area contributed by atoms with Gasteiger partial charge in [-0.25, -0.2) is 17.4 Å². The highest BCUT2D eigenvalue weighted by Crippen LogP contribution is 2.48. The van der Waals surface area contributed by atoms with E-state index >= 15 is 0 Å². The van der Waals surface area contributed by atoms with E-state index < -0.39 is 0 Å². The second kappa shape index (κ2) is 10.2. The zero-order valence-electron chi connectivity index (χ0n) is 19.5. The minimum absolute atomic E-state index is 0.0343. The molecule has 0 saturated carbocycles. The third-order valence-corrected chi connectivity index (χ3v) is 8.09. The zero-order valence-corrected chi connectivity index (χ0v) is 20.3. The summed E-state index contributed by atoms with van der Waals surface area (Å²) in [5.74, 6) is -0.433. The van der Waals surface area contributed by atoms with Gasteiger partial charge < -0.3 is 10.1 Å². The SMILES string of the molecule is CC1=C(Nc2ccc(F)cc2)C=C2CCN(SN3CCOCC3)CC2(Cc2ccc(F)cc2)C1. The Balaban J connectivity index is 1.40. The van der Waals surface area contributed by atoms with Crippen LogP contribution < -0.4 is 5.32 Å². The standard InChI is InChI=1S/C27H31F2N3OS/c1-20-17-27(18-21-2-4-23(28)5-3-21)19-32(34-31-12-14-33-15-13-31)11-10-22(27)16-26(20)30-25-8-6-24(29)7-9-25/h2-9,16,30H,10-15,17-19H2,1H3. The lowest BCUT2D eigenvalue weighted by Gasteiger charge is -2.48. The summed E-state index contributed by atoms with van der Waals surface area (Å²) in [7, 11) is 0. The largest absolute Gasteiger partial charge is 0.379 e. The van der Waals surface area contributed by atoms with E-state index in [1.54, 1.807) is 24.3 Å². The smallest absolute Gasteiger partial charge is 0.123 e. The lowest BCUT2D eigenvalue weighted by atomic mass is 9.65. The van der Waals surface area contributed by atoms with Gasteiger partial charge >= 0.3 is 0 Å². The highest BCUT2D eigenvalue weighted by Gasteiger charge is 2.42. The topological polar surface area (TPSA) is 27.7 Å². The fourth-order valence-corrected chi connectivity index (χ4v) is 6.36. The third kappa shape index (κ3) is 5.38. The summed E-state index contributed by atoms with van der Waals surface area (Å²) in [6.07, 6.45) is 5.10. The van der Waals surface area contributed by atoms with E-state index in [0.717, 1.165) is 75.6 Å². The number of nitrogens with one attached hydrogen (secondary N) is 1. The molecule has 2 aromatic rings. The van der Waals surface area contributed by atoms with Gasteiger partial charge in [-0.15, -0.1) is 0 Å². The van der Waals surface area contributed by atoms with Gasteiger partial charge in [-0.2, -0.15) is 0 Å². The maximum absolute atomic E-state index is 13.6. The van der Waals surface area contributed by atoms with E-state index in [4.69, 9.17) is 4.74 Å². The van der Waals surface area contributed by atoms with Crippen LogP contribution in [0.2, 0.25) is 0 Å². The number of ether oxygens (including phenoxy) is 1. The Kier molecular flexibility index (Phi) is 7.06. The molecule has 2 heterocycles. The van der Waals surface area contributed by atoms with Crippen molar-refractivity contribution < 1.29 is 13.5 Å². The van der Waals surface area contributed by atoms with Crippen LogP contribution in [0.5, 0.6) is 0 Å². The highest BCUT2D eigenvalue weighted by molar-refractivity contribution is 7.94. The molecule has 0 radical (unpaired) electrons. The average molecular weight is 484 g/mol. The number of nitrogens with zero attached hydrogens (tertiary/aromatic N) is 2. The minimum Gasteiger partial charge on any atom is -0.379 e. The molecule has 1 N–H and O–H groups in total. The van der Waals surface area contributed by atoms with Gasteiger partial charge in [0.2, 0.25) is 0 Å². The van der Waals surface area contributed by atoms with Crippen LogP contribution in [0, 0.1) is 17.0 Å². The lowest BCUT2D eigenvalue weighted by molar-refractivity contribution is 0.0748. The summed E-state index contributed by atoms with van der Waals surface area (Å²) < 4.78 is 37.4. The molecule has 2 aliphatic heterocycles. The minimum atomic E-state index is -0.235. The molecule has 0 amide bonds. The summed E-state index contributed by atoms with van der Waals surface area (Å²) in [5, 5.41) is 3.50. The van der Waals surface area contributed by atoms with Gasteiger partial charge in [0.05, 0.1) is 13.2 Å². The van der Waals surface area contributed by atoms with E-state index in [1.165, 1.54) is 23.3 Å². The Morgan fingerprint density at radius 1 is 0.941 bits per heavy atom. The van der Waals surface area contributed by atoms with Crippen LogP contribution >= 0.6 is 12.1 Å². The number of morpholine rings is 1. The van der Waals surface area contributed by atoms with Crippen molar-refractivity contribution in [2.24, 2.45) is 5.41 Å². The molecule has 180 valence electrons. The number of piperidine rings is 1. The van der Waals surface area contributed by atoms with Gasteiger partial charge in [0, 0.05) is 55.1 Å². The average Bonchev–Trinajstić information content (AvgIpc) is 2.83. The number of anilines is 1. The van der Waals surface area contributed by atoms with Crippen molar-refractivity contribution in [2.75, 3.05) is 44.7 Å². The van der Waals surface area contributed by atoms with E-state index in [2.05, 4.69) is 26.9 Å². The predicted octanol–water partition coefficient (Wildman–Crippen LogP) is 5.81. The maximum atomic E-state index is 13.6. The molecule has 5 rings (SSSR count). The Morgan fingerprint density at radius 3 is 2.32 bits per heavy atom. The van der Waals surface area contributed by atoms with Crippen LogP contribution in [0.15, 0.2) is 71.5 Å². The second-order valence-electron chi connectivity index (χ2n) is 9.49. The Bertz CT molecular complexity index is 1060. The molecule has 1 unspecified atom stereocenters. The number of hydrogen-bond donors (Lipinski definition) is 1. The molecule has 7 heteroatoms. The van der Waals surface area contributed by atoms with Crippen LogP contribution in [0.3, 0.4) is 0 Å². The Morgan fingerprint density at radius 2 is 1.62 bits per heavy atom. The maximum Gasteiger partial charge on any atom is 0.123 e. The van der Waals surface area contributed by atoms with Gasteiger partial charge in [0.15, 0.2) is 0 Å². The van der Waals surface area contributed by atoms with Crippen molar-refractivity contribution in [3.63, 3.8) is 0 Å². The summed E-state index contributed by atoms with van der Waals surface area (Å²) in [5.41, 5.74) is 5.84. The number of benzene rings is 2. The van der Waals surface area contributed by atoms with Crippen LogP contribution in [0.25, 0.3) is 0 Å². The Labute approximate surface area is 204 Å². The normalized spacial score (nSPS) is 24.0. The number of rotatable bonds is 6. The van der Waals surface area contributed by atoms with Crippen molar-refractivity contribution >= 4 is 17.8 Å². The summed E-state index contributed by atoms with van der Waals surface area (Å²) >= 11 is 1.85. The molecule has 34 heavy (non-hydrogen) atoms. The van der Waals surface area contributed by atoms with Crippen LogP contribution in [0.4, 0.5) is 14.5 Å². The van der Waals surface area contributed by atoms with E-state index in [1.807, 2.05) is 24.3 Å². The second-order valence-corrected chi connectivity index (χ2v) is 10.7. The first-order chi connectivity index (χ1) is 16.5. The van der Waals surface area contributed by atoms with E-state index in [-0.39, 0.29) is 17.0 Å². The molecule has 3 aliphatic rings. The Hall–Kier alpha value is -2.19. The van der Waals surface area contributed by atoms with Crippen LogP contribution in [0.1, 0.15) is 25.3 Å². The van der Waals surface area contributed by atoms with Crippen molar-refractivity contribution in [1.82, 2.24) is 8.61 Å². The van der Waals surface area contributed by atoms with Gasteiger partial charge in [-0.3, -0.25) is 0 Å². The van der Waals surface area contributed by atoms with Gasteiger partial charge in [0.1, 0.15) is 11.6 Å². The number of hydrogen-bond acceptors (Lipinski definition) is 5. The van der Waals surface area contributed by atoms with Crippen molar-refractivity contribution in [1.29, 1.82) is 0 Å². The molecular formula is C27H31F2N3OS. The quantitative estimate of drug-likeness (QED) is 0.524. The van der Waals surface area contributed by atoms with Crippen LogP contribution in [-0.2, 0) is 11.2 Å². The van der Waals surface area contributed by atoms with Crippen molar-refractivity contribution in [3.8, 4) is 0 Å². The summed E-state index contributed by atoms with van der Waals surface area (Å²) in [6.45, 7) is 7.57. The third-order valence-electron chi connectivity index (χ3n) is 6.95. The lowest BCUT2D eigenvalue weighted by Crippen LogP contribution is -2.47. The predicted molar refractivity (Wildman–Crippen MR) is 134 cm³/mol. The van der Waals surface area contributed by atoms with Gasteiger partial charge in [-0.05, 0) is 79.8 Å². The molecule has 2 aromatic carbocycles. The fraction of sp³-hybridized carbons (Fsp3) is 0.407. The van der Waals surface area contributed by atoms with E-state index in [0.29, 0.717) is 0 Å². The monoisotopic (exact) mass is 483 g/mol. The van der Waals surface area contributed by atoms with Crippen molar-refractivity contribution in [3.05, 3.63) is 88.6 Å². The van der Waals surface area contributed by atoms with E-state index in [9.17, 15) is 8.78 Å². The number of fused-ring (bicyclic) bond motifs is 1. The molecular weight excluding hydrogens is 452 g/mol. The van der Waals surface area contributed by atoms with Gasteiger partial charge in [0.25, 0.3) is 0 Å². The molecule has 0 bridgehead atoms. The highest BCUT2D eigenvalue weighted by atomic mass is 32.2. The first kappa shape index (κ1) is 23.5. The first-order valence-electron chi connectivity index (χ1n) is 11.9. The molecule has 1 atom stereocenters. The number of allylic oxidation sites excluding steroid dienone is 2. The molecule has 1 aliphatic carbocycles. The molecule has 4 nitrogen and oxygen atoms in total. The zero-order chi connectivity index (χ0) is 23.5. The molecule has 2 fully saturated rings. The first-order valence-corrected chi connectivity index (χ1v) is 12.7. The van der Waals surface area contributed by atoms with Crippen molar-refractivity contribution in [2.45, 2.75) is 26.2 Å². The molecule has 0 aromatic heterocycles. The van der Waals surface area contributed by atoms with Crippen LogP contribution in [-0.4, -0.2) is 48.0 Å². The summed E-state index contributed by atoms with van der Waals surface area (Å²) in [4.78, 5) is 0. The molecule has 0 spiro atoms. The molecule has 2 saturated heterocycles.